The number of nitrogens with zero attached hydrogens (tertiary/aromatic N) is 3. The highest BCUT2D eigenvalue weighted by atomic mass is 16.1. The van der Waals surface area contributed by atoms with Gasteiger partial charge >= 0.3 is 0 Å². The Balaban J connectivity index is 2.29. The molecule has 1 saturated heterocycles. The zero-order valence-electron chi connectivity index (χ0n) is 10.1. The zero-order valence-corrected chi connectivity index (χ0v) is 10.1. The van der Waals surface area contributed by atoms with E-state index in [1.807, 2.05) is 20.8 Å². The molecule has 1 aliphatic heterocycles. The third kappa shape index (κ3) is 2.05. The van der Waals surface area contributed by atoms with Crippen LogP contribution in [0.25, 0.3) is 0 Å². The van der Waals surface area contributed by atoms with Crippen LogP contribution in [-0.4, -0.2) is 28.8 Å². The van der Waals surface area contributed by atoms with E-state index in [0.29, 0.717) is 18.6 Å². The van der Waals surface area contributed by atoms with Crippen molar-refractivity contribution in [1.29, 1.82) is 0 Å². The fourth-order valence-corrected chi connectivity index (χ4v) is 2.03. The second-order valence-corrected chi connectivity index (χ2v) is 4.33. The lowest BCUT2D eigenvalue weighted by atomic mass is 10.1. The molecule has 1 aromatic heterocycles. The Labute approximate surface area is 95.7 Å². The summed E-state index contributed by atoms with van der Waals surface area (Å²) in [4.78, 5) is 22.2. The number of anilines is 1. The highest BCUT2D eigenvalue weighted by Crippen LogP contribution is 2.22. The molecular formula is C12H17N3O. The van der Waals surface area contributed by atoms with Crippen molar-refractivity contribution in [3.05, 3.63) is 17.1 Å². The first-order valence-electron chi connectivity index (χ1n) is 5.66. The molecule has 0 amide bonds. The van der Waals surface area contributed by atoms with Gasteiger partial charge in [0.15, 0.2) is 0 Å². The minimum atomic E-state index is 0.358. The largest absolute Gasteiger partial charge is 0.355 e. The summed E-state index contributed by atoms with van der Waals surface area (Å²) in [5, 5.41) is 0. The number of piperidine rings is 1. The van der Waals surface area contributed by atoms with Gasteiger partial charge in [-0.15, -0.1) is 0 Å². The van der Waals surface area contributed by atoms with E-state index in [2.05, 4.69) is 14.9 Å². The molecule has 0 bridgehead atoms. The van der Waals surface area contributed by atoms with Gasteiger partial charge in [-0.25, -0.2) is 9.97 Å². The average Bonchev–Trinajstić information content (AvgIpc) is 2.25. The Morgan fingerprint density at radius 1 is 1.06 bits per heavy atom. The van der Waals surface area contributed by atoms with Crippen LogP contribution in [0.2, 0.25) is 0 Å². The van der Waals surface area contributed by atoms with Gasteiger partial charge in [0.05, 0.1) is 0 Å². The van der Waals surface area contributed by atoms with E-state index in [1.165, 1.54) is 0 Å². The van der Waals surface area contributed by atoms with Crippen molar-refractivity contribution < 1.29 is 4.79 Å². The number of hydrogen-bond donors (Lipinski definition) is 0. The SMILES string of the molecule is Cc1nc(C)c(C)c(N2CCC(=O)CC2)n1. The molecule has 0 spiro atoms. The molecule has 0 aromatic carbocycles. The van der Waals surface area contributed by atoms with Crippen LogP contribution in [0, 0.1) is 20.8 Å². The third-order valence-electron chi connectivity index (χ3n) is 3.10. The fraction of sp³-hybridized carbons (Fsp3) is 0.583. The molecule has 86 valence electrons. The van der Waals surface area contributed by atoms with Crippen molar-refractivity contribution in [3.63, 3.8) is 0 Å². The van der Waals surface area contributed by atoms with Gasteiger partial charge in [0.25, 0.3) is 0 Å². The summed E-state index contributed by atoms with van der Waals surface area (Å²) >= 11 is 0. The summed E-state index contributed by atoms with van der Waals surface area (Å²) in [6, 6.07) is 0. The predicted molar refractivity (Wildman–Crippen MR) is 62.7 cm³/mol. The highest BCUT2D eigenvalue weighted by Gasteiger charge is 2.19. The molecule has 4 heteroatoms. The molecule has 2 heterocycles. The van der Waals surface area contributed by atoms with Gasteiger partial charge in [-0.1, -0.05) is 0 Å². The number of aryl methyl sites for hydroxylation is 2. The zero-order chi connectivity index (χ0) is 11.7. The molecule has 0 atom stereocenters. The standard InChI is InChI=1S/C12H17N3O/c1-8-9(2)13-10(3)14-12(8)15-6-4-11(16)5-7-15/h4-7H2,1-3H3. The van der Waals surface area contributed by atoms with E-state index in [4.69, 9.17) is 0 Å². The first-order chi connectivity index (χ1) is 7.58. The minimum Gasteiger partial charge on any atom is -0.355 e. The number of rotatable bonds is 1. The normalized spacial score (nSPS) is 16.7. The Morgan fingerprint density at radius 2 is 1.69 bits per heavy atom. The Kier molecular flexibility index (Phi) is 2.90. The summed E-state index contributed by atoms with van der Waals surface area (Å²) in [7, 11) is 0. The Morgan fingerprint density at radius 3 is 2.31 bits per heavy atom. The van der Waals surface area contributed by atoms with Crippen LogP contribution in [0.1, 0.15) is 29.9 Å². The molecule has 0 radical (unpaired) electrons. The Bertz CT molecular complexity index is 419. The van der Waals surface area contributed by atoms with E-state index in [-0.39, 0.29) is 0 Å². The maximum absolute atomic E-state index is 11.2. The van der Waals surface area contributed by atoms with Gasteiger partial charge in [-0.2, -0.15) is 0 Å². The number of hydrogen-bond acceptors (Lipinski definition) is 4. The quantitative estimate of drug-likeness (QED) is 0.719. The molecular weight excluding hydrogens is 202 g/mol. The molecule has 0 saturated carbocycles. The first-order valence-corrected chi connectivity index (χ1v) is 5.66. The Hall–Kier alpha value is -1.45. The van der Waals surface area contributed by atoms with Crippen LogP contribution in [-0.2, 0) is 4.79 Å². The molecule has 1 aliphatic rings. The van der Waals surface area contributed by atoms with E-state index >= 15 is 0 Å². The fourth-order valence-electron chi connectivity index (χ4n) is 2.03. The second-order valence-electron chi connectivity index (χ2n) is 4.33. The van der Waals surface area contributed by atoms with Crippen LogP contribution in [0.5, 0.6) is 0 Å². The number of Topliss-reactive ketones (excluding diaryl/α,β-unsaturated/α-hetero) is 1. The van der Waals surface area contributed by atoms with E-state index < -0.39 is 0 Å². The van der Waals surface area contributed by atoms with Crippen molar-refractivity contribution in [2.45, 2.75) is 33.6 Å². The summed E-state index contributed by atoms with van der Waals surface area (Å²) in [6.45, 7) is 7.53. The van der Waals surface area contributed by atoms with E-state index in [1.54, 1.807) is 0 Å². The van der Waals surface area contributed by atoms with Crippen molar-refractivity contribution >= 4 is 11.6 Å². The van der Waals surface area contributed by atoms with Gasteiger partial charge in [0.2, 0.25) is 0 Å². The van der Waals surface area contributed by atoms with Gasteiger partial charge in [-0.3, -0.25) is 4.79 Å². The second kappa shape index (κ2) is 4.20. The molecule has 16 heavy (non-hydrogen) atoms. The molecule has 1 aromatic rings. The third-order valence-corrected chi connectivity index (χ3v) is 3.10. The van der Waals surface area contributed by atoms with Gasteiger partial charge < -0.3 is 4.90 Å². The van der Waals surface area contributed by atoms with Crippen LogP contribution in [0.3, 0.4) is 0 Å². The van der Waals surface area contributed by atoms with Crippen molar-refractivity contribution in [1.82, 2.24) is 9.97 Å². The maximum Gasteiger partial charge on any atom is 0.136 e. The molecule has 4 nitrogen and oxygen atoms in total. The van der Waals surface area contributed by atoms with Gasteiger partial charge in [0, 0.05) is 37.2 Å². The monoisotopic (exact) mass is 219 g/mol. The molecule has 0 unspecified atom stereocenters. The summed E-state index contributed by atoms with van der Waals surface area (Å²) in [5.74, 6) is 2.16. The first kappa shape index (κ1) is 11.0. The van der Waals surface area contributed by atoms with Crippen molar-refractivity contribution in [2.24, 2.45) is 0 Å². The number of aromatic nitrogens is 2. The van der Waals surface area contributed by atoms with Crippen LogP contribution >= 0.6 is 0 Å². The van der Waals surface area contributed by atoms with Crippen molar-refractivity contribution in [3.8, 4) is 0 Å². The lowest BCUT2D eigenvalue weighted by Gasteiger charge is -2.28. The topological polar surface area (TPSA) is 46.1 Å². The predicted octanol–water partition coefficient (Wildman–Crippen LogP) is 1.57. The lowest BCUT2D eigenvalue weighted by molar-refractivity contribution is -0.119. The molecule has 0 aliphatic carbocycles. The molecule has 0 N–H and O–H groups in total. The molecule has 2 rings (SSSR count). The van der Waals surface area contributed by atoms with E-state index in [9.17, 15) is 4.79 Å². The van der Waals surface area contributed by atoms with E-state index in [0.717, 1.165) is 36.0 Å². The summed E-state index contributed by atoms with van der Waals surface area (Å²) in [5.41, 5.74) is 2.15. The average molecular weight is 219 g/mol. The number of carbonyl (C=O) groups is 1. The van der Waals surface area contributed by atoms with Gasteiger partial charge in [0.1, 0.15) is 17.4 Å². The van der Waals surface area contributed by atoms with Crippen LogP contribution < -0.4 is 4.90 Å². The van der Waals surface area contributed by atoms with Crippen LogP contribution in [0.15, 0.2) is 0 Å². The smallest absolute Gasteiger partial charge is 0.136 e. The minimum absolute atomic E-state index is 0.358. The van der Waals surface area contributed by atoms with Gasteiger partial charge in [-0.05, 0) is 20.8 Å². The number of ketones is 1. The lowest BCUT2D eigenvalue weighted by Crippen LogP contribution is -2.35. The number of carbonyl (C=O) groups excluding carboxylic acids is 1. The van der Waals surface area contributed by atoms with Crippen LogP contribution in [0.4, 0.5) is 5.82 Å². The summed E-state index contributed by atoms with van der Waals surface area (Å²) < 4.78 is 0. The summed E-state index contributed by atoms with van der Waals surface area (Å²) in [6.07, 6.45) is 1.28. The van der Waals surface area contributed by atoms with Crippen molar-refractivity contribution in [2.75, 3.05) is 18.0 Å². The maximum atomic E-state index is 11.2. The highest BCUT2D eigenvalue weighted by molar-refractivity contribution is 5.81. The molecule has 1 fully saturated rings.